The second kappa shape index (κ2) is 9.42. The van der Waals surface area contributed by atoms with Crippen molar-refractivity contribution < 1.29 is 19.1 Å². The highest BCUT2D eigenvalue weighted by Crippen LogP contribution is 2.61. The molecule has 8 heteroatoms. The number of aromatic nitrogens is 2. The van der Waals surface area contributed by atoms with Crippen molar-refractivity contribution in [3.05, 3.63) is 59.5 Å². The summed E-state index contributed by atoms with van der Waals surface area (Å²) < 4.78 is 11.9. The summed E-state index contributed by atoms with van der Waals surface area (Å²) >= 11 is 0. The monoisotopic (exact) mass is 440 g/mol. The van der Waals surface area contributed by atoms with Crippen molar-refractivity contribution >= 4 is 5.91 Å². The second-order valence-corrected chi connectivity index (χ2v) is 8.91. The van der Waals surface area contributed by atoms with E-state index in [0.717, 1.165) is 30.6 Å². The summed E-state index contributed by atoms with van der Waals surface area (Å²) in [6.45, 7) is 4.56. The summed E-state index contributed by atoms with van der Waals surface area (Å²) in [5.74, 6) is 1.87. The lowest BCUT2D eigenvalue weighted by Crippen LogP contribution is -2.45. The summed E-state index contributed by atoms with van der Waals surface area (Å²) in [5.41, 5.74) is 1.26. The van der Waals surface area contributed by atoms with Crippen LogP contribution in [0.3, 0.4) is 0 Å². The Bertz CT molecular complexity index is 950. The van der Waals surface area contributed by atoms with E-state index < -0.39 is 6.04 Å². The van der Waals surface area contributed by atoms with Crippen LogP contribution in [0.4, 0.5) is 0 Å². The van der Waals surface area contributed by atoms with Crippen molar-refractivity contribution in [3.63, 3.8) is 0 Å². The highest BCUT2D eigenvalue weighted by atomic mass is 16.5. The Morgan fingerprint density at radius 2 is 2.09 bits per heavy atom. The van der Waals surface area contributed by atoms with Crippen LogP contribution in [0.15, 0.2) is 46.6 Å². The summed E-state index contributed by atoms with van der Waals surface area (Å²) in [6.07, 6.45) is 5.19. The Hall–Kier alpha value is -2.71. The van der Waals surface area contributed by atoms with E-state index in [0.29, 0.717) is 24.9 Å². The minimum Gasteiger partial charge on any atom is -0.494 e. The number of nitrogens with zero attached hydrogens (tertiary/aromatic N) is 3. The van der Waals surface area contributed by atoms with Gasteiger partial charge in [-0.3, -0.25) is 4.79 Å². The van der Waals surface area contributed by atoms with E-state index in [9.17, 15) is 9.90 Å². The van der Waals surface area contributed by atoms with E-state index in [4.69, 9.17) is 9.15 Å². The molecule has 4 rings (SSSR count). The van der Waals surface area contributed by atoms with E-state index in [1.807, 2.05) is 42.2 Å². The van der Waals surface area contributed by atoms with E-state index in [1.54, 1.807) is 14.0 Å². The molecular weight excluding hydrogens is 408 g/mol. The zero-order valence-corrected chi connectivity index (χ0v) is 19.0. The number of carbonyl (C=O) groups is 1. The molecule has 1 aliphatic heterocycles. The summed E-state index contributed by atoms with van der Waals surface area (Å²) in [5, 5.41) is 20.8. The fourth-order valence-electron chi connectivity index (χ4n) is 4.63. The van der Waals surface area contributed by atoms with Crippen LogP contribution in [-0.2, 0) is 16.1 Å². The number of rotatable bonds is 8. The van der Waals surface area contributed by atoms with E-state index in [-0.39, 0.29) is 29.9 Å². The maximum atomic E-state index is 12.5. The molecule has 1 aromatic heterocycles. The molecule has 1 amide bonds. The fraction of sp³-hybridized carbons (Fsp3) is 0.542. The fourth-order valence-corrected chi connectivity index (χ4v) is 4.63. The van der Waals surface area contributed by atoms with Gasteiger partial charge in [0.1, 0.15) is 18.7 Å². The summed E-state index contributed by atoms with van der Waals surface area (Å²) in [6, 6.07) is 9.44. The average molecular weight is 441 g/mol. The number of benzene rings is 1. The van der Waals surface area contributed by atoms with Gasteiger partial charge in [-0.2, -0.15) is 0 Å². The van der Waals surface area contributed by atoms with Crippen LogP contribution in [0, 0.1) is 11.3 Å². The summed E-state index contributed by atoms with van der Waals surface area (Å²) in [4.78, 5) is 14.4. The van der Waals surface area contributed by atoms with E-state index in [2.05, 4.69) is 21.6 Å². The molecule has 172 valence electrons. The lowest BCUT2D eigenvalue weighted by molar-refractivity contribution is -0.135. The van der Waals surface area contributed by atoms with Crippen LogP contribution < -0.4 is 5.32 Å². The Morgan fingerprint density at radius 1 is 1.34 bits per heavy atom. The van der Waals surface area contributed by atoms with Crippen LogP contribution in [-0.4, -0.2) is 46.3 Å². The van der Waals surface area contributed by atoms with Crippen molar-refractivity contribution in [1.82, 2.24) is 20.4 Å². The SMILES string of the molecule is CNC(CO)c1nnc(C2CC3(CC3)[C@@H](/C=C(/C)OCc3ccccc3)CN2C(C)=O)o1. The van der Waals surface area contributed by atoms with Crippen molar-refractivity contribution in [2.24, 2.45) is 11.3 Å². The topological polar surface area (TPSA) is 101 Å². The van der Waals surface area contributed by atoms with E-state index >= 15 is 0 Å². The standard InChI is InChI=1S/C24H32N4O4/c1-16(31-15-18-7-5-4-6-8-18)11-19-13-28(17(2)30)21(12-24(19)9-10-24)23-27-26-22(32-23)20(14-29)25-3/h4-8,11,19-21,25,29H,9-10,12-15H2,1-3H3/b16-11-/t19-,20?,21?/m0/s1. The first kappa shape index (κ1) is 22.5. The molecule has 2 N–H and O–H groups in total. The maximum Gasteiger partial charge on any atom is 0.239 e. The smallest absolute Gasteiger partial charge is 0.239 e. The molecule has 3 atom stereocenters. The molecular formula is C24H32N4O4. The van der Waals surface area contributed by atoms with Gasteiger partial charge < -0.3 is 24.5 Å². The largest absolute Gasteiger partial charge is 0.494 e. The number of aliphatic hydroxyl groups is 1. The Kier molecular flexibility index (Phi) is 6.62. The number of aliphatic hydroxyl groups excluding tert-OH is 1. The first-order valence-corrected chi connectivity index (χ1v) is 11.2. The minimum absolute atomic E-state index is 0.0150. The van der Waals surface area contributed by atoms with Gasteiger partial charge in [0.25, 0.3) is 0 Å². The molecule has 32 heavy (non-hydrogen) atoms. The number of ether oxygens (including phenoxy) is 1. The number of hydrogen-bond acceptors (Lipinski definition) is 7. The third-order valence-electron chi connectivity index (χ3n) is 6.77. The number of hydrogen-bond donors (Lipinski definition) is 2. The number of carbonyl (C=O) groups excluding carboxylic acids is 1. The van der Waals surface area contributed by atoms with Crippen LogP contribution in [0.5, 0.6) is 0 Å². The normalized spacial score (nSPS) is 23.2. The van der Waals surface area contributed by atoms with Crippen LogP contribution in [0.2, 0.25) is 0 Å². The van der Waals surface area contributed by atoms with Gasteiger partial charge >= 0.3 is 0 Å². The van der Waals surface area contributed by atoms with Crippen molar-refractivity contribution in [2.75, 3.05) is 20.2 Å². The first-order valence-electron chi connectivity index (χ1n) is 11.2. The van der Waals surface area contributed by atoms with Crippen molar-refractivity contribution in [3.8, 4) is 0 Å². The molecule has 8 nitrogen and oxygen atoms in total. The molecule has 1 saturated heterocycles. The molecule has 1 saturated carbocycles. The predicted octanol–water partition coefficient (Wildman–Crippen LogP) is 3.13. The minimum atomic E-state index is -0.416. The number of amides is 1. The van der Waals surface area contributed by atoms with Crippen LogP contribution in [0.1, 0.15) is 62.5 Å². The van der Waals surface area contributed by atoms with Gasteiger partial charge in [0, 0.05) is 19.4 Å². The highest BCUT2D eigenvalue weighted by Gasteiger charge is 2.55. The molecule has 1 spiro atoms. The van der Waals surface area contributed by atoms with Gasteiger partial charge in [-0.05, 0) is 50.3 Å². The van der Waals surface area contributed by atoms with Gasteiger partial charge in [-0.15, -0.1) is 10.2 Å². The quantitative estimate of drug-likeness (QED) is 0.608. The lowest BCUT2D eigenvalue weighted by atomic mass is 9.78. The zero-order chi connectivity index (χ0) is 22.7. The molecule has 1 aromatic carbocycles. The highest BCUT2D eigenvalue weighted by molar-refractivity contribution is 5.74. The molecule has 2 aliphatic rings. The molecule has 2 unspecified atom stereocenters. The Labute approximate surface area is 188 Å². The molecule has 0 bridgehead atoms. The Morgan fingerprint density at radius 3 is 2.72 bits per heavy atom. The van der Waals surface area contributed by atoms with Gasteiger partial charge in [-0.25, -0.2) is 0 Å². The number of nitrogens with one attached hydrogen (secondary N) is 1. The molecule has 1 aliphatic carbocycles. The van der Waals surface area contributed by atoms with Gasteiger partial charge in [-0.1, -0.05) is 30.3 Å². The van der Waals surface area contributed by atoms with Crippen molar-refractivity contribution in [2.45, 2.75) is 51.8 Å². The number of piperidine rings is 1. The maximum absolute atomic E-state index is 12.5. The van der Waals surface area contributed by atoms with Crippen LogP contribution in [0.25, 0.3) is 0 Å². The second-order valence-electron chi connectivity index (χ2n) is 8.91. The third kappa shape index (κ3) is 4.71. The molecule has 2 fully saturated rings. The van der Waals surface area contributed by atoms with Gasteiger partial charge in [0.15, 0.2) is 0 Å². The first-order chi connectivity index (χ1) is 15.5. The molecule has 2 heterocycles. The lowest BCUT2D eigenvalue weighted by Gasteiger charge is -2.42. The van der Waals surface area contributed by atoms with Crippen LogP contribution >= 0.6 is 0 Å². The Balaban J connectivity index is 1.50. The zero-order valence-electron chi connectivity index (χ0n) is 19.0. The molecule has 2 aromatic rings. The van der Waals surface area contributed by atoms with Gasteiger partial charge in [0.2, 0.25) is 17.7 Å². The number of likely N-dealkylation sites (N-methyl/N-ethyl adjacent to an activating group) is 1. The van der Waals surface area contributed by atoms with Crippen molar-refractivity contribution in [1.29, 1.82) is 0 Å². The number of likely N-dealkylation sites (tertiary alicyclic amines) is 1. The summed E-state index contributed by atoms with van der Waals surface area (Å²) in [7, 11) is 1.73. The molecule has 0 radical (unpaired) electrons. The van der Waals surface area contributed by atoms with E-state index in [1.165, 1.54) is 0 Å². The number of allylic oxidation sites excluding steroid dienone is 1. The third-order valence-corrected chi connectivity index (χ3v) is 6.77. The average Bonchev–Trinajstić information content (AvgIpc) is 3.40. The predicted molar refractivity (Wildman–Crippen MR) is 118 cm³/mol. The van der Waals surface area contributed by atoms with Gasteiger partial charge in [0.05, 0.1) is 12.4 Å².